The molecule has 0 atom stereocenters. The highest BCUT2D eigenvalue weighted by molar-refractivity contribution is 7.97. The molecule has 1 aliphatic heterocycles. The van der Waals surface area contributed by atoms with Crippen LogP contribution in [-0.4, -0.2) is 25.4 Å². The van der Waals surface area contributed by atoms with E-state index in [2.05, 4.69) is 5.32 Å². The van der Waals surface area contributed by atoms with Crippen molar-refractivity contribution in [3.05, 3.63) is 35.1 Å². The summed E-state index contributed by atoms with van der Waals surface area (Å²) in [6, 6.07) is 4.75. The molecule has 5 heteroatoms. The Labute approximate surface area is 123 Å². The van der Waals surface area contributed by atoms with Crippen molar-refractivity contribution >= 4 is 17.7 Å². The molecule has 110 valence electrons. The molecule has 1 fully saturated rings. The third kappa shape index (κ3) is 4.21. The van der Waals surface area contributed by atoms with Crippen molar-refractivity contribution in [2.75, 3.05) is 19.5 Å². The van der Waals surface area contributed by atoms with Crippen LogP contribution in [0.4, 0.5) is 4.39 Å². The summed E-state index contributed by atoms with van der Waals surface area (Å²) in [5.41, 5.74) is 1.94. The van der Waals surface area contributed by atoms with Crippen LogP contribution in [0, 0.1) is 11.7 Å². The summed E-state index contributed by atoms with van der Waals surface area (Å²) in [5.74, 6) is 0.648. The molecule has 1 aliphatic rings. The molecule has 1 saturated heterocycles. The number of benzene rings is 1. The summed E-state index contributed by atoms with van der Waals surface area (Å²) >= 11 is 1.64. The molecule has 0 aliphatic carbocycles. The maximum Gasteiger partial charge on any atom is 0.223 e. The van der Waals surface area contributed by atoms with E-state index in [1.807, 2.05) is 6.26 Å². The standard InChI is InChI=1S/C15H20FNO2S/c1-20-10-13-8-14(16)3-2-12(13)9-17-15(18)11-4-6-19-7-5-11/h2-3,8,11H,4-7,9-10H2,1H3,(H,17,18). The van der Waals surface area contributed by atoms with E-state index in [0.29, 0.717) is 19.8 Å². The Bertz CT molecular complexity index is 461. The first-order chi connectivity index (χ1) is 9.70. The zero-order valence-corrected chi connectivity index (χ0v) is 12.5. The Morgan fingerprint density at radius 2 is 2.15 bits per heavy atom. The molecule has 0 radical (unpaired) electrons. The number of carbonyl (C=O) groups excluding carboxylic acids is 1. The molecule has 2 rings (SSSR count). The number of halogens is 1. The topological polar surface area (TPSA) is 38.3 Å². The van der Waals surface area contributed by atoms with Gasteiger partial charge >= 0.3 is 0 Å². The lowest BCUT2D eigenvalue weighted by Crippen LogP contribution is -2.34. The van der Waals surface area contributed by atoms with Crippen LogP contribution in [0.1, 0.15) is 24.0 Å². The molecule has 0 spiro atoms. The van der Waals surface area contributed by atoms with Crippen LogP contribution in [0.15, 0.2) is 18.2 Å². The zero-order valence-electron chi connectivity index (χ0n) is 11.7. The van der Waals surface area contributed by atoms with E-state index < -0.39 is 0 Å². The van der Waals surface area contributed by atoms with E-state index >= 15 is 0 Å². The molecule has 1 aromatic carbocycles. The molecule has 0 unspecified atom stereocenters. The molecule has 0 saturated carbocycles. The van der Waals surface area contributed by atoms with Crippen LogP contribution in [0.2, 0.25) is 0 Å². The lowest BCUT2D eigenvalue weighted by Gasteiger charge is -2.21. The van der Waals surface area contributed by atoms with Crippen LogP contribution < -0.4 is 5.32 Å². The molecule has 0 bridgehead atoms. The number of hydrogen-bond donors (Lipinski definition) is 1. The first-order valence-corrected chi connectivity index (χ1v) is 8.22. The zero-order chi connectivity index (χ0) is 14.4. The van der Waals surface area contributed by atoms with Crippen molar-refractivity contribution in [2.45, 2.75) is 25.1 Å². The van der Waals surface area contributed by atoms with Crippen molar-refractivity contribution in [2.24, 2.45) is 5.92 Å². The SMILES string of the molecule is CSCc1cc(F)ccc1CNC(=O)C1CCOCC1. The van der Waals surface area contributed by atoms with E-state index in [9.17, 15) is 9.18 Å². The number of nitrogens with one attached hydrogen (secondary N) is 1. The van der Waals surface area contributed by atoms with E-state index in [0.717, 1.165) is 29.7 Å². The lowest BCUT2D eigenvalue weighted by atomic mass is 9.99. The fourth-order valence-corrected chi connectivity index (χ4v) is 2.92. The Balaban J connectivity index is 1.94. The van der Waals surface area contributed by atoms with Crippen LogP contribution in [0.25, 0.3) is 0 Å². The van der Waals surface area contributed by atoms with Crippen LogP contribution in [0.3, 0.4) is 0 Å². The average Bonchev–Trinajstić information content (AvgIpc) is 2.47. The molecular weight excluding hydrogens is 277 g/mol. The van der Waals surface area contributed by atoms with Gasteiger partial charge in [0.15, 0.2) is 0 Å². The molecule has 1 N–H and O–H groups in total. The van der Waals surface area contributed by atoms with Crippen LogP contribution in [-0.2, 0) is 21.8 Å². The quantitative estimate of drug-likeness (QED) is 0.908. The third-order valence-corrected chi connectivity index (χ3v) is 4.11. The second-order valence-corrected chi connectivity index (χ2v) is 5.82. The maximum absolute atomic E-state index is 13.2. The first kappa shape index (κ1) is 15.3. The number of thioether (sulfide) groups is 1. The van der Waals surface area contributed by atoms with E-state index in [4.69, 9.17) is 4.74 Å². The fraction of sp³-hybridized carbons (Fsp3) is 0.533. The van der Waals surface area contributed by atoms with Gasteiger partial charge in [-0.05, 0) is 42.4 Å². The van der Waals surface area contributed by atoms with Gasteiger partial charge in [-0.2, -0.15) is 11.8 Å². The van der Waals surface area contributed by atoms with E-state index in [-0.39, 0.29) is 17.6 Å². The molecule has 3 nitrogen and oxygen atoms in total. The highest BCUT2D eigenvalue weighted by Crippen LogP contribution is 2.18. The van der Waals surface area contributed by atoms with E-state index in [1.54, 1.807) is 23.9 Å². The lowest BCUT2D eigenvalue weighted by molar-refractivity contribution is -0.128. The predicted molar refractivity (Wildman–Crippen MR) is 79.0 cm³/mol. The number of hydrogen-bond acceptors (Lipinski definition) is 3. The minimum absolute atomic E-state index is 0.0493. The van der Waals surface area contributed by atoms with Crippen LogP contribution >= 0.6 is 11.8 Å². The summed E-state index contributed by atoms with van der Waals surface area (Å²) in [4.78, 5) is 12.1. The van der Waals surface area contributed by atoms with Gasteiger partial charge in [0.1, 0.15) is 5.82 Å². The summed E-state index contributed by atoms with van der Waals surface area (Å²) in [6.45, 7) is 1.78. The van der Waals surface area contributed by atoms with Crippen molar-refractivity contribution in [1.82, 2.24) is 5.32 Å². The van der Waals surface area contributed by atoms with E-state index in [1.165, 1.54) is 6.07 Å². The summed E-state index contributed by atoms with van der Waals surface area (Å²) in [5, 5.41) is 2.96. The Morgan fingerprint density at radius 3 is 2.85 bits per heavy atom. The van der Waals surface area contributed by atoms with Gasteiger partial charge in [0, 0.05) is 31.4 Å². The highest BCUT2D eigenvalue weighted by atomic mass is 32.2. The Morgan fingerprint density at radius 1 is 1.40 bits per heavy atom. The summed E-state index contributed by atoms with van der Waals surface area (Å²) in [7, 11) is 0. The second kappa shape index (κ2) is 7.64. The summed E-state index contributed by atoms with van der Waals surface area (Å²) in [6.07, 6.45) is 3.55. The number of amides is 1. The van der Waals surface area contributed by atoms with Gasteiger partial charge in [0.25, 0.3) is 0 Å². The largest absolute Gasteiger partial charge is 0.381 e. The van der Waals surface area contributed by atoms with Crippen molar-refractivity contribution in [3.63, 3.8) is 0 Å². The molecule has 1 heterocycles. The predicted octanol–water partition coefficient (Wildman–Crippen LogP) is 2.73. The molecule has 1 amide bonds. The second-order valence-electron chi connectivity index (χ2n) is 4.95. The highest BCUT2D eigenvalue weighted by Gasteiger charge is 2.21. The monoisotopic (exact) mass is 297 g/mol. The minimum atomic E-state index is -0.228. The Kier molecular flexibility index (Phi) is 5.86. The van der Waals surface area contributed by atoms with Gasteiger partial charge < -0.3 is 10.1 Å². The van der Waals surface area contributed by atoms with Gasteiger partial charge in [0.05, 0.1) is 0 Å². The number of ether oxygens (including phenoxy) is 1. The molecule has 0 aromatic heterocycles. The smallest absolute Gasteiger partial charge is 0.223 e. The van der Waals surface area contributed by atoms with Gasteiger partial charge in [-0.25, -0.2) is 4.39 Å². The molecular formula is C15H20FNO2S. The van der Waals surface area contributed by atoms with Gasteiger partial charge in [0.2, 0.25) is 5.91 Å². The Hall–Kier alpha value is -1.07. The number of carbonyl (C=O) groups is 1. The third-order valence-electron chi connectivity index (χ3n) is 3.51. The normalized spacial score (nSPS) is 16.1. The molecule has 1 aromatic rings. The van der Waals surface area contributed by atoms with Crippen molar-refractivity contribution < 1.29 is 13.9 Å². The number of rotatable bonds is 5. The first-order valence-electron chi connectivity index (χ1n) is 6.82. The van der Waals surface area contributed by atoms with Gasteiger partial charge in [-0.3, -0.25) is 4.79 Å². The van der Waals surface area contributed by atoms with Crippen molar-refractivity contribution in [1.29, 1.82) is 0 Å². The average molecular weight is 297 g/mol. The minimum Gasteiger partial charge on any atom is -0.381 e. The molecule has 20 heavy (non-hydrogen) atoms. The summed E-state index contributed by atoms with van der Waals surface area (Å²) < 4.78 is 18.5. The van der Waals surface area contributed by atoms with Gasteiger partial charge in [-0.1, -0.05) is 6.07 Å². The fourth-order valence-electron chi connectivity index (χ4n) is 2.34. The maximum atomic E-state index is 13.2. The van der Waals surface area contributed by atoms with Gasteiger partial charge in [-0.15, -0.1) is 0 Å². The van der Waals surface area contributed by atoms with Crippen molar-refractivity contribution in [3.8, 4) is 0 Å². The van der Waals surface area contributed by atoms with Crippen LogP contribution in [0.5, 0.6) is 0 Å².